The van der Waals surface area contributed by atoms with Crippen LogP contribution < -0.4 is 10.7 Å². The lowest BCUT2D eigenvalue weighted by atomic mass is 10.2. The van der Waals surface area contributed by atoms with Crippen LogP contribution in [0.5, 0.6) is 0 Å². The Morgan fingerprint density at radius 1 is 1.50 bits per heavy atom. The molecule has 0 radical (unpaired) electrons. The van der Waals surface area contributed by atoms with Crippen LogP contribution in [0.3, 0.4) is 0 Å². The molecule has 0 aliphatic carbocycles. The average molecular weight is 249 g/mol. The van der Waals surface area contributed by atoms with E-state index in [1.165, 1.54) is 31.3 Å². The number of nitrogens with zero attached hydrogens (tertiary/aromatic N) is 1. The molecule has 1 fully saturated rings. The van der Waals surface area contributed by atoms with Gasteiger partial charge < -0.3 is 10.3 Å². The first-order chi connectivity index (χ1) is 8.68. The van der Waals surface area contributed by atoms with Crippen LogP contribution in [0, 0.1) is 0 Å². The number of carbonyl (C=O) groups excluding carboxylic acids is 1. The number of pyridine rings is 1. The first-order valence-corrected chi connectivity index (χ1v) is 6.38. The number of nitrogens with one attached hydrogen (secondary N) is 2. The molecule has 0 spiro atoms. The van der Waals surface area contributed by atoms with Crippen molar-refractivity contribution < 1.29 is 4.79 Å². The van der Waals surface area contributed by atoms with Gasteiger partial charge in [-0.25, -0.2) is 0 Å². The van der Waals surface area contributed by atoms with Gasteiger partial charge in [-0.1, -0.05) is 0 Å². The summed E-state index contributed by atoms with van der Waals surface area (Å²) in [5.74, 6) is -0.303. The van der Waals surface area contributed by atoms with Gasteiger partial charge in [-0.15, -0.1) is 0 Å². The molecular weight excluding hydrogens is 230 g/mol. The second-order valence-electron chi connectivity index (χ2n) is 4.72. The van der Waals surface area contributed by atoms with Gasteiger partial charge in [0.15, 0.2) is 5.43 Å². The topological polar surface area (TPSA) is 65.2 Å². The third-order valence-electron chi connectivity index (χ3n) is 3.39. The van der Waals surface area contributed by atoms with Crippen LogP contribution in [0.25, 0.3) is 0 Å². The zero-order chi connectivity index (χ0) is 13.0. The fraction of sp³-hybridized carbons (Fsp3) is 0.538. The molecule has 1 aromatic heterocycles. The SMILES string of the molecule is CC(CNC(=O)c1c[nH]ccc1=O)N1CCCC1. The van der Waals surface area contributed by atoms with Gasteiger partial charge >= 0.3 is 0 Å². The summed E-state index contributed by atoms with van der Waals surface area (Å²) < 4.78 is 0. The Morgan fingerprint density at radius 2 is 2.22 bits per heavy atom. The fourth-order valence-corrected chi connectivity index (χ4v) is 2.24. The minimum absolute atomic E-state index is 0.172. The standard InChI is InChI=1S/C13H19N3O2/c1-10(16-6-2-3-7-16)8-15-13(18)11-9-14-5-4-12(11)17/h4-5,9-10H,2-3,6-8H2,1H3,(H,14,17)(H,15,18). The lowest BCUT2D eigenvalue weighted by Gasteiger charge is -2.23. The molecule has 0 saturated carbocycles. The monoisotopic (exact) mass is 249 g/mol. The third-order valence-corrected chi connectivity index (χ3v) is 3.39. The zero-order valence-corrected chi connectivity index (χ0v) is 10.6. The van der Waals surface area contributed by atoms with E-state index in [1.54, 1.807) is 0 Å². The molecule has 1 unspecified atom stereocenters. The summed E-state index contributed by atoms with van der Waals surface area (Å²) in [6, 6.07) is 1.68. The number of carbonyl (C=O) groups is 1. The van der Waals surface area contributed by atoms with E-state index in [0.29, 0.717) is 12.6 Å². The summed E-state index contributed by atoms with van der Waals surface area (Å²) in [6.45, 7) is 4.87. The normalized spacial score (nSPS) is 17.6. The first-order valence-electron chi connectivity index (χ1n) is 6.38. The number of H-pyrrole nitrogens is 1. The summed E-state index contributed by atoms with van der Waals surface area (Å²) in [7, 11) is 0. The van der Waals surface area contributed by atoms with E-state index in [9.17, 15) is 9.59 Å². The lowest BCUT2D eigenvalue weighted by molar-refractivity contribution is 0.0939. The molecule has 1 amide bonds. The van der Waals surface area contributed by atoms with Crippen molar-refractivity contribution in [1.82, 2.24) is 15.2 Å². The van der Waals surface area contributed by atoms with Gasteiger partial charge in [-0.2, -0.15) is 0 Å². The minimum atomic E-state index is -0.303. The van der Waals surface area contributed by atoms with Crippen LogP contribution in [0.15, 0.2) is 23.3 Å². The quantitative estimate of drug-likeness (QED) is 0.820. The Bertz CT molecular complexity index is 463. The minimum Gasteiger partial charge on any atom is -0.367 e. The third kappa shape index (κ3) is 2.98. The molecule has 1 saturated heterocycles. The number of rotatable bonds is 4. The van der Waals surface area contributed by atoms with Crippen molar-refractivity contribution in [1.29, 1.82) is 0 Å². The van der Waals surface area contributed by atoms with E-state index in [4.69, 9.17) is 0 Å². The number of aromatic amines is 1. The largest absolute Gasteiger partial charge is 0.367 e. The molecule has 2 rings (SSSR count). The van der Waals surface area contributed by atoms with Crippen molar-refractivity contribution in [3.8, 4) is 0 Å². The summed E-state index contributed by atoms with van der Waals surface area (Å²) >= 11 is 0. The maximum absolute atomic E-state index is 11.8. The van der Waals surface area contributed by atoms with Crippen LogP contribution >= 0.6 is 0 Å². The second-order valence-corrected chi connectivity index (χ2v) is 4.72. The van der Waals surface area contributed by atoms with Crippen LogP contribution in [-0.4, -0.2) is 41.5 Å². The number of hydrogen-bond donors (Lipinski definition) is 2. The number of aromatic nitrogens is 1. The van der Waals surface area contributed by atoms with E-state index < -0.39 is 0 Å². The highest BCUT2D eigenvalue weighted by Crippen LogP contribution is 2.10. The molecule has 5 heteroatoms. The molecular formula is C13H19N3O2. The van der Waals surface area contributed by atoms with E-state index in [0.717, 1.165) is 13.1 Å². The Hall–Kier alpha value is -1.62. The summed E-state index contributed by atoms with van der Waals surface area (Å²) in [4.78, 5) is 28.4. The molecule has 2 heterocycles. The van der Waals surface area contributed by atoms with Gasteiger partial charge in [0.2, 0.25) is 0 Å². The maximum Gasteiger partial charge on any atom is 0.256 e. The van der Waals surface area contributed by atoms with Gasteiger partial charge in [-0.05, 0) is 32.9 Å². The van der Waals surface area contributed by atoms with Gasteiger partial charge in [0.1, 0.15) is 5.56 Å². The van der Waals surface area contributed by atoms with E-state index in [2.05, 4.69) is 22.1 Å². The molecule has 0 bridgehead atoms. The number of likely N-dealkylation sites (tertiary alicyclic amines) is 1. The van der Waals surface area contributed by atoms with Gasteiger partial charge in [0.25, 0.3) is 5.91 Å². The summed E-state index contributed by atoms with van der Waals surface area (Å²) in [5, 5.41) is 2.82. The molecule has 1 aliphatic heterocycles. The van der Waals surface area contributed by atoms with Crippen molar-refractivity contribution in [3.63, 3.8) is 0 Å². The molecule has 0 aromatic carbocycles. The molecule has 1 aromatic rings. The highest BCUT2D eigenvalue weighted by atomic mass is 16.2. The maximum atomic E-state index is 11.8. The lowest BCUT2D eigenvalue weighted by Crippen LogP contribution is -2.41. The fourth-order valence-electron chi connectivity index (χ4n) is 2.24. The molecule has 18 heavy (non-hydrogen) atoms. The van der Waals surface area contributed by atoms with E-state index >= 15 is 0 Å². The average Bonchev–Trinajstić information content (AvgIpc) is 2.90. The van der Waals surface area contributed by atoms with Gasteiger partial charge in [-0.3, -0.25) is 14.5 Å². The van der Waals surface area contributed by atoms with Crippen molar-refractivity contribution in [2.45, 2.75) is 25.8 Å². The van der Waals surface area contributed by atoms with Crippen LogP contribution in [0.2, 0.25) is 0 Å². The smallest absolute Gasteiger partial charge is 0.256 e. The predicted octanol–water partition coefficient (Wildman–Crippen LogP) is 0.589. The van der Waals surface area contributed by atoms with Crippen LogP contribution in [0.4, 0.5) is 0 Å². The van der Waals surface area contributed by atoms with Crippen molar-refractivity contribution in [2.75, 3.05) is 19.6 Å². The highest BCUT2D eigenvalue weighted by Gasteiger charge is 2.19. The summed E-state index contributed by atoms with van der Waals surface area (Å²) in [5.41, 5.74) is -0.0776. The molecule has 2 N–H and O–H groups in total. The molecule has 5 nitrogen and oxygen atoms in total. The molecule has 1 atom stereocenters. The first kappa shape index (κ1) is 12.8. The Labute approximate surface area is 106 Å². The van der Waals surface area contributed by atoms with Crippen molar-refractivity contribution in [2.24, 2.45) is 0 Å². The van der Waals surface area contributed by atoms with Crippen molar-refractivity contribution >= 4 is 5.91 Å². The highest BCUT2D eigenvalue weighted by molar-refractivity contribution is 5.93. The second kappa shape index (κ2) is 5.82. The number of hydrogen-bond acceptors (Lipinski definition) is 3. The Kier molecular flexibility index (Phi) is 4.15. The van der Waals surface area contributed by atoms with Crippen LogP contribution in [-0.2, 0) is 0 Å². The summed E-state index contributed by atoms with van der Waals surface area (Å²) in [6.07, 6.45) is 5.43. The Balaban J connectivity index is 1.88. The Morgan fingerprint density at radius 3 is 2.89 bits per heavy atom. The molecule has 1 aliphatic rings. The van der Waals surface area contributed by atoms with E-state index in [1.807, 2.05) is 0 Å². The van der Waals surface area contributed by atoms with Crippen molar-refractivity contribution in [3.05, 3.63) is 34.2 Å². The predicted molar refractivity (Wildman–Crippen MR) is 69.7 cm³/mol. The van der Waals surface area contributed by atoms with Gasteiger partial charge in [0.05, 0.1) is 0 Å². The van der Waals surface area contributed by atoms with E-state index in [-0.39, 0.29) is 16.9 Å². The number of amides is 1. The zero-order valence-electron chi connectivity index (χ0n) is 10.6. The van der Waals surface area contributed by atoms with Crippen LogP contribution in [0.1, 0.15) is 30.1 Å². The van der Waals surface area contributed by atoms with Gasteiger partial charge in [0, 0.05) is 31.0 Å². The molecule has 98 valence electrons.